The molecule has 3 rings (SSSR count). The zero-order chi connectivity index (χ0) is 31.2. The smallest absolute Gasteiger partial charge is 0.408 e. The normalized spacial score (nSPS) is 18.8. The lowest BCUT2D eigenvalue weighted by atomic mass is 9.83. The molecule has 1 saturated heterocycles. The summed E-state index contributed by atoms with van der Waals surface area (Å²) in [6.45, 7) is 6.69. The topological polar surface area (TPSA) is 153 Å². The molecule has 1 aliphatic heterocycles. The van der Waals surface area contributed by atoms with Gasteiger partial charge in [-0.05, 0) is 70.0 Å². The van der Waals surface area contributed by atoms with Crippen molar-refractivity contribution in [1.29, 1.82) is 5.26 Å². The van der Waals surface area contributed by atoms with Crippen LogP contribution in [0.2, 0.25) is 0 Å². The number of nitrogens with zero attached hydrogens (tertiary/aromatic N) is 1. The Morgan fingerprint density at radius 1 is 1.07 bits per heavy atom. The van der Waals surface area contributed by atoms with E-state index in [9.17, 15) is 24.8 Å². The number of nitriles is 1. The van der Waals surface area contributed by atoms with Gasteiger partial charge in [-0.15, -0.1) is 0 Å². The molecule has 10 nitrogen and oxygen atoms in total. The SMILES string of the molecule is CC(C)(C)NC(=O)C[C@@H]1NCCC[C@H]1C[C@@H](O)CC(NC(=O)[C@H](CC#N)NC(=O)OCc1ccccc1)c1ccccc1. The van der Waals surface area contributed by atoms with E-state index in [-0.39, 0.29) is 42.9 Å². The fourth-order valence-corrected chi connectivity index (χ4v) is 5.37. The standard InChI is InChI=1S/C33H45N5O5/c1-33(2,3)38-30(40)21-28-25(15-10-18-35-28)19-26(39)20-29(24-13-8-5-9-14-24)36-31(41)27(16-17-34)37-32(42)43-22-23-11-6-4-7-12-23/h4-9,11-14,25-29,35,39H,10,15-16,18-22H2,1-3H3,(H,36,41)(H,37,42)(H,38,40)/t25-,26+,27-,28-,29?/m0/s1. The quantitative estimate of drug-likeness (QED) is 0.237. The summed E-state index contributed by atoms with van der Waals surface area (Å²) in [5.41, 5.74) is 1.26. The van der Waals surface area contributed by atoms with E-state index in [0.29, 0.717) is 12.8 Å². The molecule has 0 saturated carbocycles. The zero-order valence-electron chi connectivity index (χ0n) is 25.3. The third kappa shape index (κ3) is 12.1. The average molecular weight is 592 g/mol. The van der Waals surface area contributed by atoms with Gasteiger partial charge in [0.1, 0.15) is 12.6 Å². The number of amides is 3. The molecule has 0 aliphatic carbocycles. The Bertz CT molecular complexity index is 1210. The number of aliphatic hydroxyl groups excluding tert-OH is 1. The molecule has 2 aromatic carbocycles. The second kappa shape index (κ2) is 16.6. The van der Waals surface area contributed by atoms with E-state index >= 15 is 0 Å². The first-order valence-corrected chi connectivity index (χ1v) is 15.0. The van der Waals surface area contributed by atoms with Gasteiger partial charge in [0.05, 0.1) is 24.6 Å². The van der Waals surface area contributed by atoms with Gasteiger partial charge in [-0.1, -0.05) is 60.7 Å². The number of benzene rings is 2. The van der Waals surface area contributed by atoms with Crippen LogP contribution in [0.1, 0.15) is 76.5 Å². The van der Waals surface area contributed by atoms with E-state index in [4.69, 9.17) is 4.74 Å². The summed E-state index contributed by atoms with van der Waals surface area (Å²) in [4.78, 5) is 38.4. The Hall–Kier alpha value is -3.94. The number of hydrogen-bond acceptors (Lipinski definition) is 7. The maximum Gasteiger partial charge on any atom is 0.408 e. The Morgan fingerprint density at radius 3 is 2.40 bits per heavy atom. The fourth-order valence-electron chi connectivity index (χ4n) is 5.37. The molecule has 43 heavy (non-hydrogen) atoms. The molecule has 5 atom stereocenters. The van der Waals surface area contributed by atoms with Crippen LogP contribution in [0.15, 0.2) is 60.7 Å². The van der Waals surface area contributed by atoms with Crippen LogP contribution in [0.3, 0.4) is 0 Å². The molecular weight excluding hydrogens is 546 g/mol. The molecule has 1 aliphatic rings. The molecule has 232 valence electrons. The number of ether oxygens (including phenoxy) is 1. The minimum atomic E-state index is -1.13. The van der Waals surface area contributed by atoms with E-state index in [1.54, 1.807) is 0 Å². The minimum Gasteiger partial charge on any atom is -0.445 e. The fraction of sp³-hybridized carbons (Fsp3) is 0.515. The van der Waals surface area contributed by atoms with Crippen molar-refractivity contribution >= 4 is 17.9 Å². The highest BCUT2D eigenvalue weighted by Gasteiger charge is 2.31. The summed E-state index contributed by atoms with van der Waals surface area (Å²) in [7, 11) is 0. The lowest BCUT2D eigenvalue weighted by Gasteiger charge is -2.35. The number of rotatable bonds is 13. The van der Waals surface area contributed by atoms with Gasteiger partial charge in [-0.2, -0.15) is 5.26 Å². The highest BCUT2D eigenvalue weighted by atomic mass is 16.5. The van der Waals surface area contributed by atoms with Crippen molar-refractivity contribution in [2.75, 3.05) is 6.54 Å². The summed E-state index contributed by atoms with van der Waals surface area (Å²) < 4.78 is 5.24. The Labute approximate surface area is 254 Å². The summed E-state index contributed by atoms with van der Waals surface area (Å²) in [6, 6.07) is 18.6. The van der Waals surface area contributed by atoms with E-state index < -0.39 is 30.2 Å². The third-order valence-corrected chi connectivity index (χ3v) is 7.36. The number of hydrogen-bond donors (Lipinski definition) is 5. The van der Waals surface area contributed by atoms with Crippen molar-refractivity contribution < 1.29 is 24.2 Å². The molecule has 0 bridgehead atoms. The van der Waals surface area contributed by atoms with Gasteiger partial charge in [-0.25, -0.2) is 4.79 Å². The summed E-state index contributed by atoms with van der Waals surface area (Å²) in [5.74, 6) is -0.483. The van der Waals surface area contributed by atoms with Gasteiger partial charge in [0, 0.05) is 18.0 Å². The van der Waals surface area contributed by atoms with Crippen molar-refractivity contribution in [1.82, 2.24) is 21.3 Å². The number of nitrogens with one attached hydrogen (secondary N) is 4. The van der Waals surface area contributed by atoms with Crippen LogP contribution in [0.5, 0.6) is 0 Å². The molecule has 10 heteroatoms. The zero-order valence-corrected chi connectivity index (χ0v) is 25.3. The van der Waals surface area contributed by atoms with Crippen LogP contribution in [-0.4, -0.2) is 53.3 Å². The van der Waals surface area contributed by atoms with Gasteiger partial charge in [-0.3, -0.25) is 9.59 Å². The van der Waals surface area contributed by atoms with E-state index in [2.05, 4.69) is 21.3 Å². The van der Waals surface area contributed by atoms with Gasteiger partial charge in [0.15, 0.2) is 0 Å². The molecule has 2 aromatic rings. The Morgan fingerprint density at radius 2 is 1.74 bits per heavy atom. The number of carbonyl (C=O) groups excluding carboxylic acids is 3. The highest BCUT2D eigenvalue weighted by molar-refractivity contribution is 5.86. The van der Waals surface area contributed by atoms with Crippen LogP contribution in [0, 0.1) is 17.2 Å². The molecule has 1 heterocycles. The van der Waals surface area contributed by atoms with Crippen molar-refractivity contribution in [3.63, 3.8) is 0 Å². The lowest BCUT2D eigenvalue weighted by Crippen LogP contribution is -2.49. The van der Waals surface area contributed by atoms with Crippen molar-refractivity contribution in [2.45, 2.75) is 95.7 Å². The maximum atomic E-state index is 13.3. The first-order valence-electron chi connectivity index (χ1n) is 15.0. The lowest BCUT2D eigenvalue weighted by molar-refractivity contribution is -0.124. The number of carbonyl (C=O) groups is 3. The van der Waals surface area contributed by atoms with Gasteiger partial charge in [0.25, 0.3) is 0 Å². The molecule has 3 amide bonds. The number of aliphatic hydroxyl groups is 1. The highest BCUT2D eigenvalue weighted by Crippen LogP contribution is 2.28. The molecule has 1 unspecified atom stereocenters. The van der Waals surface area contributed by atoms with Crippen LogP contribution in [0.25, 0.3) is 0 Å². The molecular formula is C33H45N5O5. The summed E-state index contributed by atoms with van der Waals surface area (Å²) in [5, 5.41) is 32.5. The largest absolute Gasteiger partial charge is 0.445 e. The Balaban J connectivity index is 1.63. The van der Waals surface area contributed by atoms with Crippen molar-refractivity contribution in [3.05, 3.63) is 71.8 Å². The third-order valence-electron chi connectivity index (χ3n) is 7.36. The second-order valence-corrected chi connectivity index (χ2v) is 12.2. The molecule has 0 spiro atoms. The monoisotopic (exact) mass is 591 g/mol. The number of alkyl carbamates (subject to hydrolysis) is 1. The van der Waals surface area contributed by atoms with Crippen molar-refractivity contribution in [3.8, 4) is 6.07 Å². The van der Waals surface area contributed by atoms with Crippen LogP contribution >= 0.6 is 0 Å². The van der Waals surface area contributed by atoms with Gasteiger partial charge < -0.3 is 31.1 Å². The van der Waals surface area contributed by atoms with Gasteiger partial charge in [0.2, 0.25) is 11.8 Å². The Kier molecular flexibility index (Phi) is 13.0. The van der Waals surface area contributed by atoms with Crippen LogP contribution < -0.4 is 21.3 Å². The van der Waals surface area contributed by atoms with Gasteiger partial charge >= 0.3 is 6.09 Å². The predicted molar refractivity (Wildman–Crippen MR) is 163 cm³/mol. The molecule has 1 fully saturated rings. The van der Waals surface area contributed by atoms with Crippen molar-refractivity contribution in [2.24, 2.45) is 5.92 Å². The summed E-state index contributed by atoms with van der Waals surface area (Å²) >= 11 is 0. The molecule has 0 radical (unpaired) electrons. The molecule has 0 aromatic heterocycles. The van der Waals surface area contributed by atoms with E-state index in [1.165, 1.54) is 0 Å². The predicted octanol–water partition coefficient (Wildman–Crippen LogP) is 3.87. The first-order chi connectivity index (χ1) is 20.5. The maximum absolute atomic E-state index is 13.3. The number of piperidine rings is 1. The molecule has 5 N–H and O–H groups in total. The van der Waals surface area contributed by atoms with E-state index in [1.807, 2.05) is 87.5 Å². The second-order valence-electron chi connectivity index (χ2n) is 12.2. The van der Waals surface area contributed by atoms with Crippen LogP contribution in [0.4, 0.5) is 4.79 Å². The van der Waals surface area contributed by atoms with E-state index in [0.717, 1.165) is 30.5 Å². The first kappa shape index (κ1) is 33.6. The minimum absolute atomic E-state index is 0.0286. The average Bonchev–Trinajstić information content (AvgIpc) is 2.96. The summed E-state index contributed by atoms with van der Waals surface area (Å²) in [6.07, 6.45) is 1.05. The van der Waals surface area contributed by atoms with Crippen LogP contribution in [-0.2, 0) is 20.9 Å².